The van der Waals surface area contributed by atoms with E-state index in [4.69, 9.17) is 24.5 Å². The standard InChI is InChI=1S/C22H27BN2O6/c1-7-28-20(27)17-12(2)29-19(25)14(11-24)18(17)13-8-9-16(26)15(10-13)23-30-21(3,4)22(5,6)31-23/h8-10,18,26H,7,25H2,1-6H3. The maximum Gasteiger partial charge on any atom is 0.498 e. The number of hydrogen-bond acceptors (Lipinski definition) is 8. The van der Waals surface area contributed by atoms with Crippen LogP contribution in [0.3, 0.4) is 0 Å². The SMILES string of the molecule is CCOC(=O)C1=C(C)OC(N)=C(C#N)C1c1ccc(O)c(B2OC(C)(C)C(C)(C)O2)c1. The lowest BCUT2D eigenvalue weighted by Gasteiger charge is -2.32. The Morgan fingerprint density at radius 1 is 1.29 bits per heavy atom. The summed E-state index contributed by atoms with van der Waals surface area (Å²) < 4.78 is 22.8. The van der Waals surface area contributed by atoms with Gasteiger partial charge in [-0.3, -0.25) is 0 Å². The minimum atomic E-state index is -0.826. The zero-order valence-corrected chi connectivity index (χ0v) is 18.6. The zero-order chi connectivity index (χ0) is 23.1. The number of carbonyl (C=O) groups excluding carboxylic acids is 1. The van der Waals surface area contributed by atoms with E-state index >= 15 is 0 Å². The molecule has 1 aromatic carbocycles. The highest BCUT2D eigenvalue weighted by atomic mass is 16.7. The van der Waals surface area contributed by atoms with Gasteiger partial charge in [0.05, 0.1) is 29.3 Å². The van der Waals surface area contributed by atoms with Crippen molar-refractivity contribution in [3.05, 3.63) is 46.6 Å². The van der Waals surface area contributed by atoms with Crippen molar-refractivity contribution < 1.29 is 28.7 Å². The summed E-state index contributed by atoms with van der Waals surface area (Å²) in [6.07, 6.45) is 0. The topological polar surface area (TPSA) is 124 Å². The molecule has 2 heterocycles. The summed E-state index contributed by atoms with van der Waals surface area (Å²) in [7, 11) is -0.826. The van der Waals surface area contributed by atoms with E-state index in [2.05, 4.69) is 0 Å². The number of nitrogens with two attached hydrogens (primary N) is 1. The van der Waals surface area contributed by atoms with Crippen molar-refractivity contribution in [3.8, 4) is 11.8 Å². The van der Waals surface area contributed by atoms with Crippen molar-refractivity contribution >= 4 is 18.6 Å². The second-order valence-electron chi connectivity index (χ2n) is 8.52. The Balaban J connectivity index is 2.12. The molecule has 0 bridgehead atoms. The quantitative estimate of drug-likeness (QED) is 0.556. The van der Waals surface area contributed by atoms with Gasteiger partial charge in [-0.2, -0.15) is 5.26 Å². The molecule has 0 aromatic heterocycles. The van der Waals surface area contributed by atoms with E-state index in [9.17, 15) is 15.2 Å². The van der Waals surface area contributed by atoms with Gasteiger partial charge in [0.1, 0.15) is 23.2 Å². The Bertz CT molecular complexity index is 1010. The number of hydrogen-bond donors (Lipinski definition) is 2. The van der Waals surface area contributed by atoms with Crippen LogP contribution in [0.4, 0.5) is 0 Å². The number of esters is 1. The first-order chi connectivity index (χ1) is 14.4. The van der Waals surface area contributed by atoms with E-state index < -0.39 is 30.2 Å². The second-order valence-corrected chi connectivity index (χ2v) is 8.52. The minimum absolute atomic E-state index is 0.0249. The molecule has 3 N–H and O–H groups in total. The number of phenols is 1. The van der Waals surface area contributed by atoms with Crippen LogP contribution >= 0.6 is 0 Å². The molecule has 0 amide bonds. The maximum atomic E-state index is 12.7. The third-order valence-corrected chi connectivity index (χ3v) is 5.99. The minimum Gasteiger partial charge on any atom is -0.508 e. The zero-order valence-electron chi connectivity index (χ0n) is 18.6. The van der Waals surface area contributed by atoms with Gasteiger partial charge in [0.25, 0.3) is 0 Å². The third kappa shape index (κ3) is 3.89. The summed E-state index contributed by atoms with van der Waals surface area (Å²) in [6.45, 7) is 11.1. The number of benzene rings is 1. The number of ether oxygens (including phenoxy) is 2. The number of nitrogens with zero attached hydrogens (tertiary/aromatic N) is 1. The molecule has 8 nitrogen and oxygen atoms in total. The van der Waals surface area contributed by atoms with Crippen LogP contribution in [0, 0.1) is 11.3 Å². The van der Waals surface area contributed by atoms with Gasteiger partial charge in [0.2, 0.25) is 5.88 Å². The summed E-state index contributed by atoms with van der Waals surface area (Å²) in [4.78, 5) is 12.7. The van der Waals surface area contributed by atoms with Crippen molar-refractivity contribution in [1.82, 2.24) is 0 Å². The fourth-order valence-corrected chi connectivity index (χ4v) is 3.60. The Morgan fingerprint density at radius 3 is 2.45 bits per heavy atom. The average molecular weight is 426 g/mol. The molecule has 0 radical (unpaired) electrons. The van der Waals surface area contributed by atoms with Crippen molar-refractivity contribution in [3.63, 3.8) is 0 Å². The molecule has 2 aliphatic rings. The van der Waals surface area contributed by atoms with Crippen LogP contribution in [-0.4, -0.2) is 36.0 Å². The molecule has 3 rings (SSSR count). The Hall–Kier alpha value is -2.96. The number of allylic oxidation sites excluding steroid dienone is 2. The van der Waals surface area contributed by atoms with Crippen molar-refractivity contribution in [1.29, 1.82) is 5.26 Å². The average Bonchev–Trinajstić information content (AvgIpc) is 2.89. The van der Waals surface area contributed by atoms with Gasteiger partial charge in [0.15, 0.2) is 0 Å². The summed E-state index contributed by atoms with van der Waals surface area (Å²) in [6, 6.07) is 6.80. The molecule has 1 saturated heterocycles. The van der Waals surface area contributed by atoms with E-state index in [1.165, 1.54) is 6.07 Å². The van der Waals surface area contributed by atoms with Gasteiger partial charge in [-0.05, 0) is 53.2 Å². The van der Waals surface area contributed by atoms with Crippen molar-refractivity contribution in [2.24, 2.45) is 5.73 Å². The van der Waals surface area contributed by atoms with Crippen LogP contribution in [0.5, 0.6) is 5.75 Å². The molecule has 2 aliphatic heterocycles. The van der Waals surface area contributed by atoms with Crippen LogP contribution in [0.25, 0.3) is 0 Å². The molecule has 164 valence electrons. The lowest BCUT2D eigenvalue weighted by atomic mass is 9.74. The van der Waals surface area contributed by atoms with E-state index in [0.29, 0.717) is 11.0 Å². The smallest absolute Gasteiger partial charge is 0.498 e. The Labute approximate surface area is 182 Å². The van der Waals surface area contributed by atoms with E-state index in [1.807, 2.05) is 33.8 Å². The van der Waals surface area contributed by atoms with Crippen molar-refractivity contribution in [2.75, 3.05) is 6.61 Å². The Morgan fingerprint density at radius 2 is 1.90 bits per heavy atom. The number of phenolic OH excluding ortho intramolecular Hbond substituents is 1. The summed E-state index contributed by atoms with van der Waals surface area (Å²) in [5, 5.41) is 20.3. The normalized spacial score (nSPS) is 22.2. The highest BCUT2D eigenvalue weighted by molar-refractivity contribution is 6.63. The van der Waals surface area contributed by atoms with Crippen LogP contribution in [0.1, 0.15) is 53.0 Å². The molecular formula is C22H27BN2O6. The Kier molecular flexibility index (Phi) is 5.83. The van der Waals surface area contributed by atoms with Crippen LogP contribution in [0.15, 0.2) is 41.0 Å². The van der Waals surface area contributed by atoms with E-state index in [-0.39, 0.29) is 35.1 Å². The van der Waals surface area contributed by atoms with Gasteiger partial charge in [-0.25, -0.2) is 4.79 Å². The molecule has 0 aliphatic carbocycles. The summed E-state index contributed by atoms with van der Waals surface area (Å²) in [5.74, 6) is -1.27. The number of rotatable bonds is 4. The molecule has 0 spiro atoms. The molecule has 31 heavy (non-hydrogen) atoms. The van der Waals surface area contributed by atoms with Crippen LogP contribution in [-0.2, 0) is 23.6 Å². The highest BCUT2D eigenvalue weighted by Crippen LogP contribution is 2.41. The molecule has 1 aromatic rings. The van der Waals surface area contributed by atoms with Crippen LogP contribution < -0.4 is 11.2 Å². The number of carbonyl (C=O) groups is 1. The lowest BCUT2D eigenvalue weighted by molar-refractivity contribution is -0.139. The van der Waals surface area contributed by atoms with Gasteiger partial charge >= 0.3 is 13.1 Å². The first kappa shape index (κ1) is 22.7. The highest BCUT2D eigenvalue weighted by Gasteiger charge is 2.52. The molecule has 1 atom stereocenters. The van der Waals surface area contributed by atoms with E-state index in [1.54, 1.807) is 26.0 Å². The molecular weight excluding hydrogens is 399 g/mol. The van der Waals surface area contributed by atoms with Gasteiger partial charge in [0, 0.05) is 5.46 Å². The molecule has 0 saturated carbocycles. The second kappa shape index (κ2) is 7.95. The lowest BCUT2D eigenvalue weighted by Crippen LogP contribution is -2.41. The molecule has 1 unspecified atom stereocenters. The van der Waals surface area contributed by atoms with Gasteiger partial charge < -0.3 is 29.6 Å². The summed E-state index contributed by atoms with van der Waals surface area (Å²) in [5.41, 5.74) is 5.95. The van der Waals surface area contributed by atoms with E-state index in [0.717, 1.165) is 0 Å². The largest absolute Gasteiger partial charge is 0.508 e. The number of aromatic hydroxyl groups is 1. The fraction of sp³-hybridized carbons (Fsp3) is 0.455. The van der Waals surface area contributed by atoms with Gasteiger partial charge in [-0.1, -0.05) is 12.1 Å². The first-order valence-corrected chi connectivity index (χ1v) is 10.1. The predicted molar refractivity (Wildman–Crippen MR) is 114 cm³/mol. The molecule has 1 fully saturated rings. The van der Waals surface area contributed by atoms with Crippen LogP contribution in [0.2, 0.25) is 0 Å². The molecule has 9 heteroatoms. The monoisotopic (exact) mass is 426 g/mol. The summed E-state index contributed by atoms with van der Waals surface area (Å²) >= 11 is 0. The maximum absolute atomic E-state index is 12.7. The third-order valence-electron chi connectivity index (χ3n) is 5.99. The predicted octanol–water partition coefficient (Wildman–Crippen LogP) is 2.34. The van der Waals surface area contributed by atoms with Gasteiger partial charge in [-0.15, -0.1) is 0 Å². The first-order valence-electron chi connectivity index (χ1n) is 10.1. The van der Waals surface area contributed by atoms with Crippen molar-refractivity contribution in [2.45, 2.75) is 58.7 Å². The fourth-order valence-electron chi connectivity index (χ4n) is 3.60. The number of nitriles is 1.